The molecule has 2 aromatic rings. The van der Waals surface area contributed by atoms with Crippen molar-refractivity contribution < 1.29 is 22.3 Å². The Morgan fingerprint density at radius 3 is 2.45 bits per heavy atom. The summed E-state index contributed by atoms with van der Waals surface area (Å²) in [5.41, 5.74) is 0.535. The van der Waals surface area contributed by atoms with E-state index in [-0.39, 0.29) is 23.3 Å². The zero-order chi connectivity index (χ0) is 16.2. The van der Waals surface area contributed by atoms with Crippen LogP contribution in [0.25, 0.3) is 0 Å². The summed E-state index contributed by atoms with van der Waals surface area (Å²) in [5.74, 6) is -0.712. The monoisotopic (exact) mass is 327 g/mol. The van der Waals surface area contributed by atoms with Gasteiger partial charge in [0, 0.05) is 0 Å². The Labute approximate surface area is 127 Å². The molecule has 7 nitrogen and oxygen atoms in total. The molecule has 22 heavy (non-hydrogen) atoms. The van der Waals surface area contributed by atoms with Crippen molar-refractivity contribution in [2.75, 3.05) is 18.9 Å². The third kappa shape index (κ3) is 4.04. The van der Waals surface area contributed by atoms with Crippen LogP contribution in [0.15, 0.2) is 30.5 Å². The van der Waals surface area contributed by atoms with E-state index in [4.69, 9.17) is 9.47 Å². The van der Waals surface area contributed by atoms with Crippen LogP contribution in [0.4, 0.5) is 10.1 Å². The van der Waals surface area contributed by atoms with Crippen LogP contribution in [0.1, 0.15) is 5.56 Å². The predicted molar refractivity (Wildman–Crippen MR) is 77.8 cm³/mol. The zero-order valence-electron chi connectivity index (χ0n) is 11.9. The number of ether oxygens (including phenoxy) is 2. The number of aromatic nitrogens is 2. The number of halogens is 1. The molecule has 9 heteroatoms. The Morgan fingerprint density at radius 1 is 1.18 bits per heavy atom. The average Bonchev–Trinajstić information content (AvgIpc) is 2.49. The smallest absolute Gasteiger partial charge is 0.319 e. The fourth-order valence-electron chi connectivity index (χ4n) is 1.68. The van der Waals surface area contributed by atoms with E-state index in [9.17, 15) is 12.8 Å². The van der Waals surface area contributed by atoms with Crippen molar-refractivity contribution in [3.05, 3.63) is 41.8 Å². The molecule has 0 bridgehead atoms. The van der Waals surface area contributed by atoms with Gasteiger partial charge in [-0.1, -0.05) is 12.1 Å². The van der Waals surface area contributed by atoms with E-state index in [0.717, 1.165) is 0 Å². The molecule has 0 saturated carbocycles. The van der Waals surface area contributed by atoms with Crippen molar-refractivity contribution in [2.45, 2.75) is 5.75 Å². The van der Waals surface area contributed by atoms with Crippen LogP contribution >= 0.6 is 0 Å². The van der Waals surface area contributed by atoms with Crippen molar-refractivity contribution in [2.24, 2.45) is 0 Å². The van der Waals surface area contributed by atoms with Gasteiger partial charge in [-0.05, 0) is 17.7 Å². The first kappa shape index (κ1) is 16.0. The average molecular weight is 327 g/mol. The van der Waals surface area contributed by atoms with E-state index in [1.54, 1.807) is 0 Å². The lowest BCUT2D eigenvalue weighted by Gasteiger charge is -2.11. The van der Waals surface area contributed by atoms with Gasteiger partial charge >= 0.3 is 6.01 Å². The number of sulfonamides is 1. The molecule has 0 spiro atoms. The largest absolute Gasteiger partial charge is 0.479 e. The summed E-state index contributed by atoms with van der Waals surface area (Å²) in [6, 6.07) is 5.24. The SMILES string of the molecule is COc1ncc(NS(=O)(=O)Cc2ccc(F)cc2)c(OC)n1. The van der Waals surface area contributed by atoms with Crippen molar-refractivity contribution in [3.8, 4) is 11.9 Å². The number of benzene rings is 1. The molecule has 0 unspecified atom stereocenters. The lowest BCUT2D eigenvalue weighted by molar-refractivity contribution is 0.353. The molecule has 0 aliphatic carbocycles. The van der Waals surface area contributed by atoms with Gasteiger partial charge in [-0.2, -0.15) is 4.98 Å². The van der Waals surface area contributed by atoms with E-state index in [2.05, 4.69) is 14.7 Å². The van der Waals surface area contributed by atoms with Gasteiger partial charge in [-0.15, -0.1) is 0 Å². The molecule has 0 aliphatic heterocycles. The van der Waals surface area contributed by atoms with Crippen molar-refractivity contribution in [3.63, 3.8) is 0 Å². The van der Waals surface area contributed by atoms with E-state index >= 15 is 0 Å². The van der Waals surface area contributed by atoms with Gasteiger partial charge in [0.1, 0.15) is 11.5 Å². The Hall–Kier alpha value is -2.42. The Balaban J connectivity index is 2.19. The Kier molecular flexibility index (Phi) is 4.76. The molecule has 0 radical (unpaired) electrons. The van der Waals surface area contributed by atoms with E-state index in [0.29, 0.717) is 5.56 Å². The normalized spacial score (nSPS) is 11.0. The summed E-state index contributed by atoms with van der Waals surface area (Å²) in [5, 5.41) is 0. The van der Waals surface area contributed by atoms with Crippen molar-refractivity contribution in [1.29, 1.82) is 0 Å². The van der Waals surface area contributed by atoms with Gasteiger partial charge in [0.25, 0.3) is 0 Å². The second-order valence-electron chi connectivity index (χ2n) is 4.27. The minimum absolute atomic E-state index is 0.0366. The van der Waals surface area contributed by atoms with Crippen molar-refractivity contribution >= 4 is 15.7 Å². The van der Waals surface area contributed by atoms with Crippen LogP contribution in [-0.2, 0) is 15.8 Å². The van der Waals surface area contributed by atoms with Crippen LogP contribution in [0, 0.1) is 5.82 Å². The van der Waals surface area contributed by atoms with E-state index in [1.165, 1.54) is 44.7 Å². The molecule has 1 aromatic heterocycles. The first-order valence-corrected chi connectivity index (χ1v) is 7.78. The highest BCUT2D eigenvalue weighted by Gasteiger charge is 2.16. The number of hydrogen-bond acceptors (Lipinski definition) is 6. The molecule has 1 aromatic carbocycles. The van der Waals surface area contributed by atoms with Gasteiger partial charge in [0.15, 0.2) is 0 Å². The Morgan fingerprint density at radius 2 is 1.86 bits per heavy atom. The first-order valence-electron chi connectivity index (χ1n) is 6.13. The second kappa shape index (κ2) is 6.56. The van der Waals surface area contributed by atoms with Crippen LogP contribution in [0.5, 0.6) is 11.9 Å². The maximum Gasteiger partial charge on any atom is 0.319 e. The van der Waals surface area contributed by atoms with Crippen molar-refractivity contribution in [1.82, 2.24) is 9.97 Å². The molecular weight excluding hydrogens is 313 g/mol. The summed E-state index contributed by atoms with van der Waals surface area (Å²) in [6.45, 7) is 0. The van der Waals surface area contributed by atoms with Gasteiger partial charge in [-0.25, -0.2) is 17.8 Å². The highest BCUT2D eigenvalue weighted by Crippen LogP contribution is 2.24. The van der Waals surface area contributed by atoms with E-state index < -0.39 is 15.8 Å². The van der Waals surface area contributed by atoms with Gasteiger partial charge in [0.2, 0.25) is 15.9 Å². The molecular formula is C13H14FN3O4S. The highest BCUT2D eigenvalue weighted by molar-refractivity contribution is 7.91. The molecule has 1 heterocycles. The lowest BCUT2D eigenvalue weighted by atomic mass is 10.2. The lowest BCUT2D eigenvalue weighted by Crippen LogP contribution is -2.16. The molecule has 2 rings (SSSR count). The van der Waals surface area contributed by atoms with Gasteiger partial charge in [-0.3, -0.25) is 4.72 Å². The topological polar surface area (TPSA) is 90.4 Å². The molecule has 118 valence electrons. The Bertz CT molecular complexity index is 750. The summed E-state index contributed by atoms with van der Waals surface area (Å²) >= 11 is 0. The summed E-state index contributed by atoms with van der Waals surface area (Å²) in [6.07, 6.45) is 1.24. The number of methoxy groups -OCH3 is 2. The summed E-state index contributed by atoms with van der Waals surface area (Å²) in [7, 11) is -0.997. The van der Waals surface area contributed by atoms with Crippen LogP contribution in [0.3, 0.4) is 0 Å². The third-order valence-corrected chi connectivity index (χ3v) is 3.89. The van der Waals surface area contributed by atoms with Crippen LogP contribution in [-0.4, -0.2) is 32.6 Å². The number of nitrogens with one attached hydrogen (secondary N) is 1. The van der Waals surface area contributed by atoms with Crippen LogP contribution < -0.4 is 14.2 Å². The molecule has 0 aliphatic rings. The van der Waals surface area contributed by atoms with Crippen LogP contribution in [0.2, 0.25) is 0 Å². The minimum atomic E-state index is -3.73. The molecule has 0 atom stereocenters. The number of anilines is 1. The third-order valence-electron chi connectivity index (χ3n) is 2.64. The van der Waals surface area contributed by atoms with Gasteiger partial charge in [0.05, 0.1) is 26.2 Å². The highest BCUT2D eigenvalue weighted by atomic mass is 32.2. The predicted octanol–water partition coefficient (Wildman–Crippen LogP) is 1.57. The second-order valence-corrected chi connectivity index (χ2v) is 5.99. The summed E-state index contributed by atoms with van der Waals surface area (Å²) < 4.78 is 49.2. The quantitative estimate of drug-likeness (QED) is 0.866. The minimum Gasteiger partial charge on any atom is -0.479 e. The number of hydrogen-bond donors (Lipinski definition) is 1. The maximum absolute atomic E-state index is 12.8. The fraction of sp³-hybridized carbons (Fsp3) is 0.231. The molecule has 0 saturated heterocycles. The fourth-order valence-corrected chi connectivity index (χ4v) is 2.86. The maximum atomic E-state index is 12.8. The van der Waals surface area contributed by atoms with E-state index in [1.807, 2.05) is 0 Å². The first-order chi connectivity index (χ1) is 10.4. The molecule has 0 fully saturated rings. The zero-order valence-corrected chi connectivity index (χ0v) is 12.7. The van der Waals surface area contributed by atoms with Gasteiger partial charge < -0.3 is 9.47 Å². The summed E-state index contributed by atoms with van der Waals surface area (Å²) in [4.78, 5) is 7.70. The number of nitrogens with zero attached hydrogens (tertiary/aromatic N) is 2. The molecule has 0 amide bonds. The standard InChI is InChI=1S/C13H14FN3O4S/c1-20-12-11(7-15-13(16-12)21-2)17-22(18,19)8-9-3-5-10(14)6-4-9/h3-7,17H,8H2,1-2H3. The molecule has 1 N–H and O–H groups in total. The number of rotatable bonds is 6.